The van der Waals surface area contributed by atoms with Gasteiger partial charge in [-0.05, 0) is 108 Å². The van der Waals surface area contributed by atoms with Crippen molar-refractivity contribution in [3.05, 3.63) is 180 Å². The van der Waals surface area contributed by atoms with Crippen molar-refractivity contribution < 1.29 is 28.7 Å². The Morgan fingerprint density at radius 3 is 1.99 bits per heavy atom. The van der Waals surface area contributed by atoms with Gasteiger partial charge in [-0.15, -0.1) is 0 Å². The van der Waals surface area contributed by atoms with Crippen LogP contribution in [-0.2, 0) is 40.4 Å². The molecule has 4 atom stereocenters. The lowest BCUT2D eigenvalue weighted by molar-refractivity contribution is -0.131. The number of methoxy groups -OCH3 is 2. The normalized spacial score (nSPS) is 15.9. The van der Waals surface area contributed by atoms with Crippen LogP contribution in [0.1, 0.15) is 196 Å². The van der Waals surface area contributed by atoms with Gasteiger partial charge in [0.15, 0.2) is 11.6 Å². The van der Waals surface area contributed by atoms with Gasteiger partial charge in [-0.25, -0.2) is 4.98 Å². The quantitative estimate of drug-likeness (QED) is 0.0408. The number of para-hydroxylation sites is 1. The fourth-order valence-corrected chi connectivity index (χ4v) is 12.8. The van der Waals surface area contributed by atoms with E-state index in [-0.39, 0.29) is 29.4 Å². The number of ketones is 2. The van der Waals surface area contributed by atoms with E-state index in [1.165, 1.54) is 82.6 Å². The van der Waals surface area contributed by atoms with Crippen LogP contribution in [0.5, 0.6) is 11.5 Å². The minimum atomic E-state index is -0.477. The third kappa shape index (κ3) is 23.0. The van der Waals surface area contributed by atoms with E-state index in [9.17, 15) is 19.2 Å². The number of carbonyl (C=O) groups is 4. The summed E-state index contributed by atoms with van der Waals surface area (Å²) < 4.78 is 14.7. The number of ether oxygens (including phenoxy) is 2. The number of aryl methyl sites for hydroxylation is 1. The van der Waals surface area contributed by atoms with Crippen LogP contribution in [0, 0.1) is 41.9 Å². The number of Topliss-reactive ketones (excluding diaryl/α,β-unsaturated/α-hetero) is 2. The number of carbonyl (C=O) groups excluding carboxylic acids is 4. The van der Waals surface area contributed by atoms with Crippen LogP contribution < -0.4 is 25.8 Å². The van der Waals surface area contributed by atoms with Crippen molar-refractivity contribution in [2.75, 3.05) is 27.3 Å². The Labute approximate surface area is 556 Å². The summed E-state index contributed by atoms with van der Waals surface area (Å²) in [6.07, 6.45) is 29.4. The molecule has 4 N–H and O–H groups in total. The Bertz CT molecular complexity index is 3310. The molecule has 10 rings (SSSR count). The second kappa shape index (κ2) is 38.4. The lowest BCUT2D eigenvalue weighted by atomic mass is 9.80. The van der Waals surface area contributed by atoms with Crippen LogP contribution >= 0.6 is 0 Å². The summed E-state index contributed by atoms with van der Waals surface area (Å²) in [5, 5.41) is 11.0. The molecule has 0 spiro atoms. The van der Waals surface area contributed by atoms with Crippen LogP contribution in [0.25, 0.3) is 16.8 Å². The number of nitrogens with one attached hydrogen (secondary N) is 2. The van der Waals surface area contributed by atoms with Gasteiger partial charge in [0.2, 0.25) is 12.3 Å². The van der Waals surface area contributed by atoms with Gasteiger partial charge >= 0.3 is 0 Å². The average molecular weight is 1270 g/mol. The Morgan fingerprint density at radius 2 is 1.38 bits per heavy atom. The largest absolute Gasteiger partial charge is 0.497 e. The Morgan fingerprint density at radius 1 is 0.731 bits per heavy atom. The molecule has 4 aromatic carbocycles. The maximum Gasteiger partial charge on any atom is 0.224 e. The summed E-state index contributed by atoms with van der Waals surface area (Å²) in [4.78, 5) is 57.8. The first kappa shape index (κ1) is 74.3. The SMILES string of the molecule is CC.CC(C)(C)C(=O)C(Cc1ccncc1)NC=O.CCC(C)C1CCCCC1.COc1ccc(Cn2cc(-c3cc(CNCc4ccc(C(=O)C(C)C)cc4)ccc3-n3ccnc3)c(C)n2)cc1.COc1ccccc1C(N)CC(=O)N1CCC(C2CCCCC2)C1. The van der Waals surface area contributed by atoms with Gasteiger partial charge in [-0.3, -0.25) is 28.8 Å². The monoisotopic (exact) mass is 1270 g/mol. The molecule has 3 aromatic heterocycles. The molecule has 15 heteroatoms. The molecule has 502 valence electrons. The number of imidazole rings is 1. The van der Waals surface area contributed by atoms with Crippen LogP contribution in [0.15, 0.2) is 140 Å². The molecule has 2 amide bonds. The molecule has 0 radical (unpaired) electrons. The predicted molar refractivity (Wildman–Crippen MR) is 376 cm³/mol. The van der Waals surface area contributed by atoms with Gasteiger partial charge in [0, 0.05) is 103 Å². The highest BCUT2D eigenvalue weighted by molar-refractivity contribution is 5.97. The van der Waals surface area contributed by atoms with E-state index in [4.69, 9.17) is 20.3 Å². The number of nitrogens with two attached hydrogens (primary N) is 1. The zero-order valence-electron chi connectivity index (χ0n) is 58.0. The zero-order valence-corrected chi connectivity index (χ0v) is 58.0. The van der Waals surface area contributed by atoms with Crippen molar-refractivity contribution in [3.8, 4) is 28.3 Å². The number of amides is 2. The fraction of sp³-hybridized carbons (Fsp3) is 0.500. The molecule has 93 heavy (non-hydrogen) atoms. The fourth-order valence-electron chi connectivity index (χ4n) is 12.8. The van der Waals surface area contributed by atoms with E-state index in [1.807, 2.05) is 148 Å². The van der Waals surface area contributed by atoms with Gasteiger partial charge in [-0.2, -0.15) is 5.10 Å². The lowest BCUT2D eigenvalue weighted by Crippen LogP contribution is -2.43. The number of aromatic nitrogens is 5. The van der Waals surface area contributed by atoms with Gasteiger partial charge < -0.3 is 35.3 Å². The van der Waals surface area contributed by atoms with E-state index >= 15 is 0 Å². The second-order valence-corrected chi connectivity index (χ2v) is 26.4. The van der Waals surface area contributed by atoms with Crippen LogP contribution in [0.4, 0.5) is 0 Å². The number of benzene rings is 4. The highest BCUT2D eigenvalue weighted by atomic mass is 16.5. The number of pyridine rings is 1. The molecule has 1 aliphatic heterocycles. The molecular formula is C78H109N9O6. The van der Waals surface area contributed by atoms with Crippen LogP contribution in [0.3, 0.4) is 0 Å². The van der Waals surface area contributed by atoms with E-state index < -0.39 is 11.5 Å². The van der Waals surface area contributed by atoms with E-state index in [1.54, 1.807) is 32.8 Å². The van der Waals surface area contributed by atoms with Crippen molar-refractivity contribution in [1.29, 1.82) is 0 Å². The first-order valence-corrected chi connectivity index (χ1v) is 34.3. The van der Waals surface area contributed by atoms with Crippen molar-refractivity contribution in [2.24, 2.45) is 40.7 Å². The average Bonchev–Trinajstić information content (AvgIpc) is 1.73. The maximum atomic E-state index is 12.7. The molecule has 3 aliphatic rings. The Balaban J connectivity index is 0.000000219. The second-order valence-electron chi connectivity index (χ2n) is 26.4. The first-order chi connectivity index (χ1) is 44.9. The van der Waals surface area contributed by atoms with Gasteiger partial charge in [-0.1, -0.05) is 194 Å². The Hall–Kier alpha value is -7.75. The molecule has 7 aromatic rings. The van der Waals surface area contributed by atoms with E-state index in [0.29, 0.717) is 44.8 Å². The number of hydrogen-bond acceptors (Lipinski definition) is 11. The maximum absolute atomic E-state index is 12.7. The summed E-state index contributed by atoms with van der Waals surface area (Å²) in [6.45, 7) is 24.1. The Kier molecular flexibility index (Phi) is 30.7. The van der Waals surface area contributed by atoms with Gasteiger partial charge in [0.1, 0.15) is 11.5 Å². The number of hydrogen-bond donors (Lipinski definition) is 3. The third-order valence-corrected chi connectivity index (χ3v) is 18.4. The van der Waals surface area contributed by atoms with Crippen LogP contribution in [0.2, 0.25) is 0 Å². The topological polar surface area (TPSA) is 189 Å². The molecule has 15 nitrogen and oxygen atoms in total. The molecule has 2 aliphatic carbocycles. The summed E-state index contributed by atoms with van der Waals surface area (Å²) in [5.74, 6) is 5.59. The van der Waals surface area contributed by atoms with Crippen molar-refractivity contribution in [3.63, 3.8) is 0 Å². The van der Waals surface area contributed by atoms with Crippen molar-refractivity contribution in [2.45, 2.75) is 191 Å². The first-order valence-electron chi connectivity index (χ1n) is 34.3. The minimum Gasteiger partial charge on any atom is -0.497 e. The number of likely N-dealkylation sites (tertiary alicyclic amines) is 1. The highest BCUT2D eigenvalue weighted by Crippen LogP contribution is 2.37. The molecule has 4 unspecified atom stereocenters. The van der Waals surface area contributed by atoms with E-state index in [2.05, 4.69) is 77.9 Å². The molecule has 2 saturated carbocycles. The van der Waals surface area contributed by atoms with E-state index in [0.717, 1.165) is 92.7 Å². The van der Waals surface area contributed by atoms with Crippen molar-refractivity contribution in [1.82, 2.24) is 39.8 Å². The summed E-state index contributed by atoms with van der Waals surface area (Å²) in [6, 6.07) is 33.1. The van der Waals surface area contributed by atoms with Gasteiger partial charge in [0.05, 0.1) is 44.5 Å². The standard InChI is InChI=1S/C33H35N5O2.C20H30N2O2.C13H18N2O2.C10H20.C2H6/c1-23(2)33(39)28-10-5-25(6-11-28)18-35-19-27-9-14-32(37-16-15-34-22-37)30(17-27)31-21-38(36-24(31)3)20-26-7-12-29(40-4)13-8-26;1-24-19-10-6-5-9-17(19)18(21)13-20(23)22-12-11-16(14-22)15-7-3-2-4-8-15;1-13(2,3)12(17)11(15-9-16)8-10-4-6-14-7-5-10;1-3-9(2)10-7-5-4-6-8-10;1-2/h5-17,21-23,35H,18-20H2,1-4H3;5-6,9-10,15-16,18H,2-4,7-8,11-14,21H2,1H3;4-7,9,11H,8H2,1-3H3,(H,15,16);9-10H,3-8H2,1-2H3;1-2H3. The molecular weight excluding hydrogens is 1160 g/mol. The molecule has 1 saturated heterocycles. The smallest absolute Gasteiger partial charge is 0.224 e. The summed E-state index contributed by atoms with van der Waals surface area (Å²) in [7, 11) is 3.32. The zero-order chi connectivity index (χ0) is 67.3. The summed E-state index contributed by atoms with van der Waals surface area (Å²) in [5.41, 5.74) is 16.2. The molecule has 0 bridgehead atoms. The lowest BCUT2D eigenvalue weighted by Gasteiger charge is -2.27. The summed E-state index contributed by atoms with van der Waals surface area (Å²) >= 11 is 0. The van der Waals surface area contributed by atoms with Gasteiger partial charge in [0.25, 0.3) is 0 Å². The number of rotatable bonds is 23. The molecule has 3 fully saturated rings. The third-order valence-electron chi connectivity index (χ3n) is 18.4. The molecule has 4 heterocycles. The predicted octanol–water partition coefficient (Wildman–Crippen LogP) is 15.7. The van der Waals surface area contributed by atoms with Crippen LogP contribution in [-0.4, -0.2) is 86.5 Å². The number of nitrogens with zero attached hydrogens (tertiary/aromatic N) is 6. The highest BCUT2D eigenvalue weighted by Gasteiger charge is 2.33. The van der Waals surface area contributed by atoms with Crippen molar-refractivity contribution >= 4 is 23.9 Å². The minimum absolute atomic E-state index is 0.00153.